The van der Waals surface area contributed by atoms with Gasteiger partial charge in [0.1, 0.15) is 15.7 Å². The number of sulfone groups is 1. The summed E-state index contributed by atoms with van der Waals surface area (Å²) in [5.41, 5.74) is 0.537. The van der Waals surface area contributed by atoms with Crippen LogP contribution >= 0.6 is 0 Å². The number of aliphatic hydroxyl groups is 1. The van der Waals surface area contributed by atoms with Gasteiger partial charge in [-0.15, -0.1) is 13.2 Å². The van der Waals surface area contributed by atoms with Gasteiger partial charge in [-0.25, -0.2) is 28.3 Å². The first-order valence-corrected chi connectivity index (χ1v) is 14.8. The summed E-state index contributed by atoms with van der Waals surface area (Å²) in [5.74, 6) is 0.0887. The molecule has 2 saturated heterocycles. The Balaban J connectivity index is 1.42. The van der Waals surface area contributed by atoms with Gasteiger partial charge < -0.3 is 14.9 Å². The van der Waals surface area contributed by atoms with Crippen LogP contribution < -0.4 is 14.7 Å². The van der Waals surface area contributed by atoms with Gasteiger partial charge in [0.2, 0.25) is 5.95 Å². The summed E-state index contributed by atoms with van der Waals surface area (Å²) in [6.07, 6.45) is 0.255. The third-order valence-electron chi connectivity index (χ3n) is 7.67. The highest BCUT2D eigenvalue weighted by Gasteiger charge is 2.41. The van der Waals surface area contributed by atoms with Crippen LogP contribution in [0.5, 0.6) is 0 Å². The summed E-state index contributed by atoms with van der Waals surface area (Å²) in [6, 6.07) is 6.71. The SMILES string of the molecule is CC1CN(c2ncc(N(c3cc4cccc(N5C[C@H](CS(C)(=O)=O)[C@H]5C)c4cn3)C(F)(F)F)cn2)CCC1O. The van der Waals surface area contributed by atoms with Crippen LogP contribution in [0.4, 0.5) is 36.3 Å². The Morgan fingerprint density at radius 1 is 1.10 bits per heavy atom. The van der Waals surface area contributed by atoms with Crippen molar-refractivity contribution in [3.05, 3.63) is 42.9 Å². The molecule has 4 heterocycles. The molecular weight excluding hydrogens is 533 g/mol. The Morgan fingerprint density at radius 2 is 1.82 bits per heavy atom. The molecule has 13 heteroatoms. The molecule has 0 spiro atoms. The lowest BCUT2D eigenvalue weighted by Crippen LogP contribution is -2.57. The van der Waals surface area contributed by atoms with E-state index in [1.807, 2.05) is 29.7 Å². The summed E-state index contributed by atoms with van der Waals surface area (Å²) in [7, 11) is -3.11. The van der Waals surface area contributed by atoms with E-state index in [2.05, 4.69) is 15.0 Å². The van der Waals surface area contributed by atoms with Crippen molar-refractivity contribution in [3.8, 4) is 0 Å². The first kappa shape index (κ1) is 27.4. The lowest BCUT2D eigenvalue weighted by Gasteiger charge is -2.48. The number of pyridine rings is 1. The molecule has 0 bridgehead atoms. The zero-order chi connectivity index (χ0) is 28.1. The van der Waals surface area contributed by atoms with Gasteiger partial charge in [0, 0.05) is 55.1 Å². The van der Waals surface area contributed by atoms with Crippen molar-refractivity contribution in [1.82, 2.24) is 15.0 Å². The van der Waals surface area contributed by atoms with Crippen LogP contribution in [0.25, 0.3) is 10.8 Å². The molecule has 2 aromatic heterocycles. The first-order chi connectivity index (χ1) is 18.3. The molecule has 2 fully saturated rings. The number of alkyl halides is 3. The van der Waals surface area contributed by atoms with Gasteiger partial charge in [0.05, 0.1) is 29.9 Å². The Morgan fingerprint density at radius 3 is 2.44 bits per heavy atom. The Labute approximate surface area is 225 Å². The molecule has 210 valence electrons. The number of aliphatic hydroxyl groups excluding tert-OH is 1. The second-order valence-electron chi connectivity index (χ2n) is 10.6. The predicted molar refractivity (Wildman–Crippen MR) is 144 cm³/mol. The molecule has 1 N–H and O–H groups in total. The van der Waals surface area contributed by atoms with Crippen LogP contribution in [-0.2, 0) is 9.84 Å². The van der Waals surface area contributed by atoms with E-state index >= 15 is 0 Å². The minimum atomic E-state index is -4.78. The molecule has 5 rings (SSSR count). The lowest BCUT2D eigenvalue weighted by atomic mass is 9.90. The lowest BCUT2D eigenvalue weighted by molar-refractivity contribution is -0.121. The number of hydrogen-bond donors (Lipinski definition) is 1. The smallest absolute Gasteiger partial charge is 0.393 e. The fourth-order valence-electron chi connectivity index (χ4n) is 5.42. The molecule has 2 aliphatic rings. The van der Waals surface area contributed by atoms with Crippen molar-refractivity contribution in [3.63, 3.8) is 0 Å². The maximum atomic E-state index is 14.3. The van der Waals surface area contributed by atoms with Crippen molar-refractivity contribution < 1.29 is 26.7 Å². The summed E-state index contributed by atoms with van der Waals surface area (Å²) >= 11 is 0. The normalized spacial score (nSPS) is 24.1. The molecule has 0 amide bonds. The van der Waals surface area contributed by atoms with Gasteiger partial charge in [0.25, 0.3) is 0 Å². The number of aromatic nitrogens is 3. The van der Waals surface area contributed by atoms with Crippen LogP contribution in [0.2, 0.25) is 0 Å². The molecule has 0 radical (unpaired) electrons. The molecular formula is C26H31F3N6O3S. The van der Waals surface area contributed by atoms with Crippen molar-refractivity contribution in [2.45, 2.75) is 38.7 Å². The molecule has 0 saturated carbocycles. The highest BCUT2D eigenvalue weighted by molar-refractivity contribution is 7.90. The number of fused-ring (bicyclic) bond motifs is 1. The van der Waals surface area contributed by atoms with Crippen LogP contribution in [0.1, 0.15) is 20.3 Å². The third-order valence-corrected chi connectivity index (χ3v) is 8.70. The van der Waals surface area contributed by atoms with Gasteiger partial charge >= 0.3 is 6.30 Å². The van der Waals surface area contributed by atoms with Gasteiger partial charge in [-0.3, -0.25) is 0 Å². The summed E-state index contributed by atoms with van der Waals surface area (Å²) in [5, 5.41) is 11.2. The zero-order valence-corrected chi connectivity index (χ0v) is 22.7. The van der Waals surface area contributed by atoms with Crippen molar-refractivity contribution >= 4 is 43.8 Å². The maximum Gasteiger partial charge on any atom is 0.490 e. The van der Waals surface area contributed by atoms with Crippen molar-refractivity contribution in [1.29, 1.82) is 0 Å². The molecule has 2 unspecified atom stereocenters. The molecule has 1 aromatic carbocycles. The Kier molecular flexibility index (Phi) is 7.08. The number of nitrogens with zero attached hydrogens (tertiary/aromatic N) is 6. The topological polar surface area (TPSA) is 103 Å². The first-order valence-electron chi connectivity index (χ1n) is 12.8. The zero-order valence-electron chi connectivity index (χ0n) is 21.9. The van der Waals surface area contributed by atoms with Crippen molar-refractivity contribution in [2.24, 2.45) is 11.8 Å². The van der Waals surface area contributed by atoms with E-state index in [9.17, 15) is 26.7 Å². The molecule has 9 nitrogen and oxygen atoms in total. The third kappa shape index (κ3) is 5.60. The van der Waals surface area contributed by atoms with Gasteiger partial charge in [-0.2, -0.15) is 0 Å². The summed E-state index contributed by atoms with van der Waals surface area (Å²) in [6.45, 7) is 5.43. The van der Waals surface area contributed by atoms with Crippen LogP contribution in [0, 0.1) is 11.8 Å². The maximum absolute atomic E-state index is 14.3. The minimum absolute atomic E-state index is 0.00482. The van der Waals surface area contributed by atoms with E-state index in [0.29, 0.717) is 42.8 Å². The molecule has 0 aliphatic carbocycles. The molecule has 4 atom stereocenters. The Hall–Kier alpha value is -3.19. The fourth-order valence-corrected chi connectivity index (χ4v) is 6.58. The summed E-state index contributed by atoms with van der Waals surface area (Å²) in [4.78, 5) is 16.6. The summed E-state index contributed by atoms with van der Waals surface area (Å²) < 4.78 is 66.3. The Bertz CT molecular complexity index is 1450. The van der Waals surface area contributed by atoms with Gasteiger partial charge in [-0.05, 0) is 36.8 Å². The number of anilines is 4. The minimum Gasteiger partial charge on any atom is -0.393 e. The highest BCUT2D eigenvalue weighted by Crippen LogP contribution is 2.40. The second-order valence-corrected chi connectivity index (χ2v) is 12.8. The fraction of sp³-hybridized carbons (Fsp3) is 0.500. The highest BCUT2D eigenvalue weighted by atomic mass is 32.2. The average Bonchev–Trinajstić information content (AvgIpc) is 2.86. The predicted octanol–water partition coefficient (Wildman–Crippen LogP) is 3.76. The second kappa shape index (κ2) is 10.1. The molecule has 2 aliphatic heterocycles. The average molecular weight is 565 g/mol. The number of hydrogen-bond acceptors (Lipinski definition) is 9. The number of rotatable bonds is 6. The standard InChI is InChI=1S/C26H31F3N6O3S/c1-16-13-33(8-7-23(16)36)25-31-10-20(11-32-25)35(26(27,28)29)24-9-18-5-4-6-22(21(18)12-30-24)34-14-19(17(34)2)15-39(3,37)38/h4-6,9-12,16-17,19,23,36H,7-8,13-15H2,1-3H3/t16?,17-,19-,23?/m1/s1. The van der Waals surface area contributed by atoms with E-state index in [-0.39, 0.29) is 40.0 Å². The van der Waals surface area contributed by atoms with Gasteiger partial charge in [0.15, 0.2) is 0 Å². The van der Waals surface area contributed by atoms with Crippen molar-refractivity contribution in [2.75, 3.05) is 46.3 Å². The van der Waals surface area contributed by atoms with E-state index < -0.39 is 22.2 Å². The van der Waals surface area contributed by atoms with Crippen LogP contribution in [-0.4, -0.2) is 78.6 Å². The number of piperidine rings is 1. The van der Waals surface area contributed by atoms with Crippen LogP contribution in [0.15, 0.2) is 42.9 Å². The van der Waals surface area contributed by atoms with E-state index in [1.165, 1.54) is 18.5 Å². The van der Waals surface area contributed by atoms with E-state index in [4.69, 9.17) is 0 Å². The number of halogens is 3. The molecule has 39 heavy (non-hydrogen) atoms. The number of benzene rings is 1. The van der Waals surface area contributed by atoms with E-state index in [0.717, 1.165) is 18.1 Å². The quantitative estimate of drug-likeness (QED) is 0.449. The largest absolute Gasteiger partial charge is 0.490 e. The van der Waals surface area contributed by atoms with E-state index in [1.54, 1.807) is 12.1 Å². The van der Waals surface area contributed by atoms with Crippen LogP contribution in [0.3, 0.4) is 0 Å². The monoisotopic (exact) mass is 564 g/mol. The molecule has 3 aromatic rings. The van der Waals surface area contributed by atoms with Gasteiger partial charge in [-0.1, -0.05) is 19.1 Å².